The van der Waals surface area contributed by atoms with Gasteiger partial charge >= 0.3 is 0 Å². The highest BCUT2D eigenvalue weighted by atomic mass is 15.4. The molecule has 0 aromatic rings. The molecule has 0 amide bonds. The maximum Gasteiger partial charge on any atom is 0.0244 e. The fourth-order valence-corrected chi connectivity index (χ4v) is 1.59. The second-order valence-electron chi connectivity index (χ2n) is 4.41. The number of rotatable bonds is 10. The summed E-state index contributed by atoms with van der Waals surface area (Å²) < 4.78 is 0. The van der Waals surface area contributed by atoms with Crippen molar-refractivity contribution in [2.45, 2.75) is 64.7 Å². The quantitative estimate of drug-likeness (QED) is 0.303. The Morgan fingerprint density at radius 1 is 0.867 bits per heavy atom. The number of hydrogen-bond acceptors (Lipinski definition) is 2. The highest BCUT2D eigenvalue weighted by Gasteiger charge is 1.90. The Morgan fingerprint density at radius 2 is 1.40 bits per heavy atom. The van der Waals surface area contributed by atoms with Gasteiger partial charge in [0.1, 0.15) is 0 Å². The Bertz CT molecular complexity index is 141. The monoisotopic (exact) mass is 212 g/mol. The van der Waals surface area contributed by atoms with Crippen LogP contribution in [0.25, 0.3) is 0 Å². The first kappa shape index (κ1) is 14.5. The van der Waals surface area contributed by atoms with Crippen LogP contribution in [-0.2, 0) is 0 Å². The van der Waals surface area contributed by atoms with E-state index in [0.29, 0.717) is 0 Å². The Labute approximate surface area is 95.7 Å². The molecule has 0 aromatic heterocycles. The molecule has 2 heteroatoms. The minimum absolute atomic E-state index is 1.13. The third-order valence-corrected chi connectivity index (χ3v) is 2.50. The van der Waals surface area contributed by atoms with Crippen LogP contribution < -0.4 is 0 Å². The lowest BCUT2D eigenvalue weighted by molar-refractivity contribution is 0.438. The Balaban J connectivity index is 2.99. The molecule has 0 N–H and O–H groups in total. The Kier molecular flexibility index (Phi) is 11.1. The Hall–Kier alpha value is -0.530. The highest BCUT2D eigenvalue weighted by Crippen LogP contribution is 2.08. The van der Waals surface area contributed by atoms with Gasteiger partial charge < -0.3 is 5.01 Å². The van der Waals surface area contributed by atoms with Crippen LogP contribution in [0.4, 0.5) is 0 Å². The van der Waals surface area contributed by atoms with E-state index in [1.807, 2.05) is 25.3 Å². The van der Waals surface area contributed by atoms with Gasteiger partial charge in [-0.25, -0.2) is 0 Å². The van der Waals surface area contributed by atoms with Crippen molar-refractivity contribution >= 4 is 6.21 Å². The first-order chi connectivity index (χ1) is 7.27. The van der Waals surface area contributed by atoms with E-state index in [1.54, 1.807) is 0 Å². The minimum Gasteiger partial charge on any atom is -0.303 e. The number of hydrazone groups is 1. The van der Waals surface area contributed by atoms with Crippen LogP contribution in [0.15, 0.2) is 5.10 Å². The molecule has 0 aliphatic carbocycles. The second-order valence-corrected chi connectivity index (χ2v) is 4.41. The van der Waals surface area contributed by atoms with Gasteiger partial charge in [0.15, 0.2) is 0 Å². The molecule has 0 saturated carbocycles. The third-order valence-electron chi connectivity index (χ3n) is 2.50. The van der Waals surface area contributed by atoms with E-state index in [0.717, 1.165) is 6.42 Å². The van der Waals surface area contributed by atoms with Crippen LogP contribution in [0.2, 0.25) is 0 Å². The minimum atomic E-state index is 1.13. The van der Waals surface area contributed by atoms with E-state index in [9.17, 15) is 0 Å². The first-order valence-corrected chi connectivity index (χ1v) is 6.47. The van der Waals surface area contributed by atoms with Gasteiger partial charge in [-0.3, -0.25) is 0 Å². The lowest BCUT2D eigenvalue weighted by Gasteiger charge is -2.02. The average Bonchev–Trinajstić information content (AvgIpc) is 2.20. The lowest BCUT2D eigenvalue weighted by Crippen LogP contribution is -2.01. The van der Waals surface area contributed by atoms with Gasteiger partial charge in [0.2, 0.25) is 0 Å². The highest BCUT2D eigenvalue weighted by molar-refractivity contribution is 5.56. The molecule has 0 saturated heterocycles. The molecule has 0 radical (unpaired) electrons. The van der Waals surface area contributed by atoms with E-state index >= 15 is 0 Å². The van der Waals surface area contributed by atoms with E-state index in [-0.39, 0.29) is 0 Å². The fraction of sp³-hybridized carbons (Fsp3) is 0.923. The summed E-state index contributed by atoms with van der Waals surface area (Å²) in [6, 6.07) is 0. The topological polar surface area (TPSA) is 15.6 Å². The average molecular weight is 212 g/mol. The smallest absolute Gasteiger partial charge is 0.0244 e. The van der Waals surface area contributed by atoms with E-state index < -0.39 is 0 Å². The zero-order valence-electron chi connectivity index (χ0n) is 10.8. The predicted octanol–water partition coefficient (Wildman–Crippen LogP) is 4.06. The SMILES string of the molecule is CCCCCCCCCC/C=N/N(C)C. The molecule has 0 bridgehead atoms. The van der Waals surface area contributed by atoms with Crippen LogP contribution in [-0.4, -0.2) is 25.3 Å². The summed E-state index contributed by atoms with van der Waals surface area (Å²) >= 11 is 0. The van der Waals surface area contributed by atoms with Crippen molar-refractivity contribution in [3.8, 4) is 0 Å². The molecule has 0 atom stereocenters. The van der Waals surface area contributed by atoms with Crippen LogP contribution in [0.3, 0.4) is 0 Å². The summed E-state index contributed by atoms with van der Waals surface area (Å²) in [7, 11) is 3.93. The summed E-state index contributed by atoms with van der Waals surface area (Å²) in [4.78, 5) is 0. The van der Waals surface area contributed by atoms with Gasteiger partial charge in [-0.15, -0.1) is 0 Å². The normalized spacial score (nSPS) is 11.1. The van der Waals surface area contributed by atoms with Crippen LogP contribution in [0, 0.1) is 0 Å². The maximum absolute atomic E-state index is 4.19. The van der Waals surface area contributed by atoms with Crippen molar-refractivity contribution in [2.24, 2.45) is 5.10 Å². The van der Waals surface area contributed by atoms with Gasteiger partial charge in [-0.1, -0.05) is 51.9 Å². The van der Waals surface area contributed by atoms with Crippen molar-refractivity contribution in [2.75, 3.05) is 14.1 Å². The molecule has 0 unspecified atom stereocenters. The molecule has 2 nitrogen and oxygen atoms in total. The van der Waals surface area contributed by atoms with Gasteiger partial charge in [0, 0.05) is 20.3 Å². The van der Waals surface area contributed by atoms with Crippen molar-refractivity contribution in [1.29, 1.82) is 0 Å². The van der Waals surface area contributed by atoms with Crippen LogP contribution >= 0.6 is 0 Å². The summed E-state index contributed by atoms with van der Waals surface area (Å²) in [6.45, 7) is 2.27. The number of unbranched alkanes of at least 4 members (excludes halogenated alkanes) is 8. The second kappa shape index (κ2) is 11.5. The molecule has 0 spiro atoms. The number of hydrogen-bond donors (Lipinski definition) is 0. The van der Waals surface area contributed by atoms with Crippen molar-refractivity contribution in [1.82, 2.24) is 5.01 Å². The molecule has 0 fully saturated rings. The van der Waals surface area contributed by atoms with E-state index in [4.69, 9.17) is 0 Å². The van der Waals surface area contributed by atoms with E-state index in [2.05, 4.69) is 12.0 Å². The molecular formula is C13H28N2. The number of nitrogens with zero attached hydrogens (tertiary/aromatic N) is 2. The fourth-order valence-electron chi connectivity index (χ4n) is 1.59. The molecule has 15 heavy (non-hydrogen) atoms. The van der Waals surface area contributed by atoms with Gasteiger partial charge in [0.05, 0.1) is 0 Å². The summed E-state index contributed by atoms with van der Waals surface area (Å²) in [5.41, 5.74) is 0. The van der Waals surface area contributed by atoms with E-state index in [1.165, 1.54) is 51.4 Å². The van der Waals surface area contributed by atoms with Crippen molar-refractivity contribution < 1.29 is 0 Å². The molecule has 0 aliphatic heterocycles. The maximum atomic E-state index is 4.19. The molecule has 0 heterocycles. The van der Waals surface area contributed by atoms with Crippen molar-refractivity contribution in [3.63, 3.8) is 0 Å². The van der Waals surface area contributed by atoms with Crippen LogP contribution in [0.1, 0.15) is 64.7 Å². The first-order valence-electron chi connectivity index (χ1n) is 6.47. The zero-order chi connectivity index (χ0) is 11.4. The molecule has 0 aromatic carbocycles. The molecule has 0 rings (SSSR count). The molecule has 90 valence electrons. The van der Waals surface area contributed by atoms with Gasteiger partial charge in [-0.05, 0) is 12.8 Å². The van der Waals surface area contributed by atoms with Crippen LogP contribution in [0.5, 0.6) is 0 Å². The predicted molar refractivity (Wildman–Crippen MR) is 69.4 cm³/mol. The summed E-state index contributed by atoms with van der Waals surface area (Å²) in [5, 5.41) is 6.04. The van der Waals surface area contributed by atoms with Crippen molar-refractivity contribution in [3.05, 3.63) is 0 Å². The standard InChI is InChI=1S/C13H28N2/c1-4-5-6-7-8-9-10-11-12-13-14-15(2)3/h13H,4-12H2,1-3H3/b14-13+. The molecule has 0 aliphatic rings. The lowest BCUT2D eigenvalue weighted by atomic mass is 10.1. The largest absolute Gasteiger partial charge is 0.303 e. The Morgan fingerprint density at radius 3 is 1.93 bits per heavy atom. The third kappa shape index (κ3) is 13.5. The zero-order valence-corrected chi connectivity index (χ0v) is 10.8. The molecular weight excluding hydrogens is 184 g/mol. The summed E-state index contributed by atoms with van der Waals surface area (Å²) in [5.74, 6) is 0. The van der Waals surface area contributed by atoms with Gasteiger partial charge in [-0.2, -0.15) is 5.10 Å². The summed E-state index contributed by atoms with van der Waals surface area (Å²) in [6.07, 6.45) is 14.3. The van der Waals surface area contributed by atoms with Gasteiger partial charge in [0.25, 0.3) is 0 Å².